The molecule has 0 aliphatic carbocycles. The van der Waals surface area contributed by atoms with Gasteiger partial charge in [0.25, 0.3) is 0 Å². The molecule has 0 fully saturated rings. The van der Waals surface area contributed by atoms with Gasteiger partial charge < -0.3 is 20.1 Å². The van der Waals surface area contributed by atoms with Crippen LogP contribution in [0.15, 0.2) is 53.5 Å². The van der Waals surface area contributed by atoms with Crippen molar-refractivity contribution in [2.45, 2.75) is 26.5 Å². The predicted octanol–water partition coefficient (Wildman–Crippen LogP) is 3.76. The van der Waals surface area contributed by atoms with Crippen LogP contribution in [-0.4, -0.2) is 47.4 Å². The van der Waals surface area contributed by atoms with E-state index in [1.807, 2.05) is 38.1 Å². The maximum Gasteiger partial charge on any atom is 0.191 e. The first kappa shape index (κ1) is 25.4. The Morgan fingerprint density at radius 3 is 2.59 bits per heavy atom. The highest BCUT2D eigenvalue weighted by molar-refractivity contribution is 14.0. The summed E-state index contributed by atoms with van der Waals surface area (Å²) in [6, 6.07) is 13.9. The summed E-state index contributed by atoms with van der Waals surface area (Å²) in [6.07, 6.45) is -0.257. The van der Waals surface area contributed by atoms with Gasteiger partial charge in [0, 0.05) is 12.1 Å². The fourth-order valence-electron chi connectivity index (χ4n) is 2.77. The molecular weight excluding hydrogens is 526 g/mol. The molecule has 1 unspecified atom stereocenters. The number of halogens is 2. The maximum absolute atomic E-state index is 13.7. The lowest BCUT2D eigenvalue weighted by molar-refractivity contribution is 0.214. The average molecular weight is 554 g/mol. The van der Waals surface area contributed by atoms with Crippen LogP contribution in [-0.2, 0) is 6.54 Å². The van der Waals surface area contributed by atoms with Crippen LogP contribution in [0.1, 0.15) is 19.7 Å². The van der Waals surface area contributed by atoms with E-state index < -0.39 is 0 Å². The second-order valence-corrected chi connectivity index (χ2v) is 6.77. The van der Waals surface area contributed by atoms with Gasteiger partial charge in [-0.1, -0.05) is 12.1 Å². The van der Waals surface area contributed by atoms with Crippen LogP contribution in [0.3, 0.4) is 0 Å². The van der Waals surface area contributed by atoms with Crippen LogP contribution < -0.4 is 20.1 Å². The van der Waals surface area contributed by atoms with Crippen LogP contribution in [0.2, 0.25) is 0 Å². The van der Waals surface area contributed by atoms with E-state index in [9.17, 15) is 4.39 Å². The van der Waals surface area contributed by atoms with Gasteiger partial charge in [0.1, 0.15) is 24.2 Å². The first-order valence-electron chi connectivity index (χ1n) is 10.1. The lowest BCUT2D eigenvalue weighted by Crippen LogP contribution is -2.41. The van der Waals surface area contributed by atoms with E-state index in [4.69, 9.17) is 9.47 Å². The van der Waals surface area contributed by atoms with Crippen molar-refractivity contribution in [2.75, 3.05) is 20.2 Å². The molecule has 0 saturated carbocycles. The quantitative estimate of drug-likeness (QED) is 0.212. The van der Waals surface area contributed by atoms with Gasteiger partial charge in [-0.3, -0.25) is 5.10 Å². The second-order valence-electron chi connectivity index (χ2n) is 6.77. The summed E-state index contributed by atoms with van der Waals surface area (Å²) in [5.41, 5.74) is 0.886. The smallest absolute Gasteiger partial charge is 0.191 e. The number of benzene rings is 2. The minimum atomic E-state index is -0.382. The molecule has 3 N–H and O–H groups in total. The Bertz CT molecular complexity index is 996. The Kier molecular flexibility index (Phi) is 10.2. The summed E-state index contributed by atoms with van der Waals surface area (Å²) in [4.78, 5) is 9.02. The number of nitrogens with one attached hydrogen (secondary N) is 3. The van der Waals surface area contributed by atoms with Crippen molar-refractivity contribution in [2.24, 2.45) is 4.99 Å². The molecule has 172 valence electrons. The SMILES string of the molecule is CCNC(=NCc1nc(-c2ccc(OC)cc2)n[nH]1)NCC(C)Oc1ccccc1F.I. The number of ether oxygens (including phenoxy) is 2. The maximum atomic E-state index is 13.7. The summed E-state index contributed by atoms with van der Waals surface area (Å²) < 4.78 is 24.6. The molecule has 0 spiro atoms. The van der Waals surface area contributed by atoms with Crippen LogP contribution in [0.5, 0.6) is 11.5 Å². The van der Waals surface area contributed by atoms with Crippen molar-refractivity contribution < 1.29 is 13.9 Å². The Morgan fingerprint density at radius 1 is 1.16 bits per heavy atom. The molecule has 0 radical (unpaired) electrons. The van der Waals surface area contributed by atoms with Crippen LogP contribution in [0.4, 0.5) is 4.39 Å². The number of aliphatic imine (C=N–C) groups is 1. The summed E-state index contributed by atoms with van der Waals surface area (Å²) in [7, 11) is 1.63. The topological polar surface area (TPSA) is 96.5 Å². The molecule has 0 bridgehead atoms. The standard InChI is InChI=1S/C22H27FN6O2.HI/c1-4-24-22(25-13-15(2)31-19-8-6-5-7-18(19)23)26-14-20-27-21(29-28-20)16-9-11-17(30-3)12-10-16;/h5-12,15H,4,13-14H2,1-3H3,(H2,24,25,26)(H,27,28,29);1H. The zero-order valence-electron chi connectivity index (χ0n) is 18.3. The lowest BCUT2D eigenvalue weighted by Gasteiger charge is -2.17. The molecule has 1 aromatic heterocycles. The van der Waals surface area contributed by atoms with Crippen molar-refractivity contribution in [3.05, 3.63) is 60.2 Å². The van der Waals surface area contributed by atoms with Gasteiger partial charge in [-0.05, 0) is 50.2 Å². The highest BCUT2D eigenvalue weighted by Crippen LogP contribution is 2.19. The molecular formula is C22H28FIN6O2. The van der Waals surface area contributed by atoms with Crippen LogP contribution in [0, 0.1) is 5.82 Å². The van der Waals surface area contributed by atoms with Gasteiger partial charge in [0.15, 0.2) is 23.4 Å². The molecule has 0 aliphatic heterocycles. The number of hydrogen-bond acceptors (Lipinski definition) is 5. The number of H-pyrrole nitrogens is 1. The minimum absolute atomic E-state index is 0. The molecule has 0 aliphatic rings. The predicted molar refractivity (Wildman–Crippen MR) is 133 cm³/mol. The molecule has 0 amide bonds. The van der Waals surface area contributed by atoms with Crippen molar-refractivity contribution in [3.63, 3.8) is 0 Å². The Morgan fingerprint density at radius 2 is 1.91 bits per heavy atom. The highest BCUT2D eigenvalue weighted by atomic mass is 127. The summed E-state index contributed by atoms with van der Waals surface area (Å²) in [5.74, 6) is 2.46. The van der Waals surface area contributed by atoms with E-state index in [0.717, 1.165) is 11.3 Å². The molecule has 3 rings (SSSR count). The largest absolute Gasteiger partial charge is 0.497 e. The molecule has 10 heteroatoms. The van der Waals surface area contributed by atoms with Crippen molar-refractivity contribution in [1.29, 1.82) is 0 Å². The number of methoxy groups -OCH3 is 1. The third-order valence-corrected chi connectivity index (χ3v) is 4.33. The van der Waals surface area contributed by atoms with E-state index in [0.29, 0.717) is 37.2 Å². The second kappa shape index (κ2) is 12.8. The Hall–Kier alpha value is -2.89. The monoisotopic (exact) mass is 554 g/mol. The number of aromatic amines is 1. The highest BCUT2D eigenvalue weighted by Gasteiger charge is 2.10. The lowest BCUT2D eigenvalue weighted by atomic mass is 10.2. The molecule has 0 saturated heterocycles. The fraction of sp³-hybridized carbons (Fsp3) is 0.318. The molecule has 3 aromatic rings. The van der Waals surface area contributed by atoms with Crippen molar-refractivity contribution >= 4 is 29.9 Å². The van der Waals surface area contributed by atoms with E-state index in [1.54, 1.807) is 25.3 Å². The zero-order chi connectivity index (χ0) is 22.1. The van der Waals surface area contributed by atoms with E-state index in [-0.39, 0.29) is 41.6 Å². The third-order valence-electron chi connectivity index (χ3n) is 4.33. The number of para-hydroxylation sites is 1. The van der Waals surface area contributed by atoms with Crippen LogP contribution >= 0.6 is 24.0 Å². The Balaban J connectivity index is 0.00000363. The van der Waals surface area contributed by atoms with Crippen molar-refractivity contribution in [3.8, 4) is 22.9 Å². The normalized spacial score (nSPS) is 11.9. The number of nitrogens with zero attached hydrogens (tertiary/aromatic N) is 3. The summed E-state index contributed by atoms with van der Waals surface area (Å²) in [6.45, 7) is 5.31. The number of aromatic nitrogens is 3. The van der Waals surface area contributed by atoms with Crippen LogP contribution in [0.25, 0.3) is 11.4 Å². The first-order chi connectivity index (χ1) is 15.1. The molecule has 8 nitrogen and oxygen atoms in total. The minimum Gasteiger partial charge on any atom is -0.497 e. The molecule has 1 atom stereocenters. The van der Waals surface area contributed by atoms with Gasteiger partial charge in [-0.25, -0.2) is 14.4 Å². The van der Waals surface area contributed by atoms with Gasteiger partial charge in [0.05, 0.1) is 13.7 Å². The molecule has 2 aromatic carbocycles. The van der Waals surface area contributed by atoms with Gasteiger partial charge in [-0.2, -0.15) is 5.10 Å². The number of hydrogen-bond donors (Lipinski definition) is 3. The molecule has 1 heterocycles. The summed E-state index contributed by atoms with van der Waals surface area (Å²) >= 11 is 0. The first-order valence-corrected chi connectivity index (χ1v) is 10.1. The van der Waals surface area contributed by atoms with E-state index >= 15 is 0 Å². The zero-order valence-corrected chi connectivity index (χ0v) is 20.6. The van der Waals surface area contributed by atoms with Gasteiger partial charge >= 0.3 is 0 Å². The Labute approximate surface area is 204 Å². The van der Waals surface area contributed by atoms with E-state index in [1.165, 1.54) is 6.07 Å². The van der Waals surface area contributed by atoms with E-state index in [2.05, 4.69) is 30.8 Å². The van der Waals surface area contributed by atoms with Gasteiger partial charge in [-0.15, -0.1) is 24.0 Å². The number of guanidine groups is 1. The summed E-state index contributed by atoms with van der Waals surface area (Å²) in [5, 5.41) is 13.5. The fourth-order valence-corrected chi connectivity index (χ4v) is 2.77. The van der Waals surface area contributed by atoms with Gasteiger partial charge in [0.2, 0.25) is 0 Å². The third kappa shape index (κ3) is 7.36. The van der Waals surface area contributed by atoms with Crippen molar-refractivity contribution in [1.82, 2.24) is 25.8 Å². The number of rotatable bonds is 9. The molecule has 32 heavy (non-hydrogen) atoms. The average Bonchev–Trinajstić information content (AvgIpc) is 3.26.